The summed E-state index contributed by atoms with van der Waals surface area (Å²) in [5.74, 6) is -1.24. The molecular formula is C71H117NO10. The highest BCUT2D eigenvalue weighted by molar-refractivity contribution is 5.80. The van der Waals surface area contributed by atoms with E-state index in [1.165, 1.54) is 51.4 Å². The van der Waals surface area contributed by atoms with Crippen LogP contribution in [0.25, 0.3) is 0 Å². The zero-order valence-electron chi connectivity index (χ0n) is 51.6. The molecule has 8 atom stereocenters. The second-order valence-electron chi connectivity index (χ2n) is 21.8. The highest BCUT2D eigenvalue weighted by Gasteiger charge is 2.47. The largest absolute Gasteiger partial charge is 0.454 e. The van der Waals surface area contributed by atoms with E-state index in [1.54, 1.807) is 6.08 Å². The zero-order chi connectivity index (χ0) is 59.6. The maximum atomic E-state index is 13.5. The van der Waals surface area contributed by atoms with Gasteiger partial charge < -0.3 is 45.1 Å². The highest BCUT2D eigenvalue weighted by Crippen LogP contribution is 2.26. The number of aliphatic hydroxyl groups is 5. The number of amides is 1. The number of unbranched alkanes of at least 4 members (excludes halogenated alkanes) is 22. The second kappa shape index (κ2) is 57.2. The predicted octanol–water partition coefficient (Wildman–Crippen LogP) is 16.0. The van der Waals surface area contributed by atoms with Gasteiger partial charge in [0.25, 0.3) is 0 Å². The standard InChI is InChI=1S/C71H117NO10/c1-4-7-10-13-16-19-22-25-27-28-29-30-31-32-33-34-35-36-37-39-40-43-46-49-52-55-58-64(75)70(79)72-62(63(74)57-54-51-48-45-42-24-21-18-15-12-9-6-3)61-80-71-69(68(78)67(77)65(60-73)81-71)82-66(76)59-56-53-50-47-44-41-38-26-23-20-17-14-11-8-5-2/h7-8,10-11,14,16-17,19-20,23,25-27,29-30,32-33,35-36,38,54,57,62-65,67-69,71,73-75,77-78H,4-6,9,12-13,15,18,21-22,24,28,31,34,37,39-53,55-56,58-61H2,1-3H3,(H,72,79)/b10-7-,11-8+,17-14+,19-16-,23-20+,27-25-,30-29-,33-32-,36-35-,38-26-,57-54+. The molecule has 0 aromatic heterocycles. The quantitative estimate of drug-likeness (QED) is 0.0149. The number of carbonyl (C=O) groups is 2. The van der Waals surface area contributed by atoms with Crippen LogP contribution in [0, 0.1) is 0 Å². The van der Waals surface area contributed by atoms with Crippen molar-refractivity contribution in [3.05, 3.63) is 134 Å². The molecule has 8 unspecified atom stereocenters. The molecular weight excluding hydrogens is 1030 g/mol. The first-order chi connectivity index (χ1) is 40.2. The van der Waals surface area contributed by atoms with Gasteiger partial charge in [-0.1, -0.05) is 270 Å². The SMILES string of the molecule is CC/C=C\C/C=C\C/C=C\C/C=C\C/C=C\C/C=C\CCCCCCCCCC(O)C(=O)NC(COC1OC(CO)C(O)C(O)C1OC(=O)CCCCCCC\C=C/C=C/C=C/C=C/CC)C(O)/C=C/CCCCCCCCCCCC. The van der Waals surface area contributed by atoms with E-state index >= 15 is 0 Å². The summed E-state index contributed by atoms with van der Waals surface area (Å²) in [5, 5.41) is 57.0. The summed E-state index contributed by atoms with van der Waals surface area (Å²) < 4.78 is 17.6. The minimum Gasteiger partial charge on any atom is -0.454 e. The van der Waals surface area contributed by atoms with Crippen LogP contribution in [0.15, 0.2) is 134 Å². The number of ether oxygens (including phenoxy) is 3. The van der Waals surface area contributed by atoms with Crippen LogP contribution >= 0.6 is 0 Å². The lowest BCUT2D eigenvalue weighted by molar-refractivity contribution is -0.305. The van der Waals surface area contributed by atoms with Crippen molar-refractivity contribution in [2.75, 3.05) is 13.2 Å². The van der Waals surface area contributed by atoms with Crippen molar-refractivity contribution in [1.29, 1.82) is 0 Å². The van der Waals surface area contributed by atoms with Gasteiger partial charge in [0.1, 0.15) is 24.4 Å². The fraction of sp³-hybridized carbons (Fsp3) is 0.662. The molecule has 11 heteroatoms. The van der Waals surface area contributed by atoms with Crippen LogP contribution in [0.1, 0.15) is 239 Å². The average Bonchev–Trinajstić information content (AvgIpc) is 3.68. The summed E-state index contributed by atoms with van der Waals surface area (Å²) in [4.78, 5) is 26.6. The van der Waals surface area contributed by atoms with Crippen LogP contribution < -0.4 is 5.32 Å². The first-order valence-corrected chi connectivity index (χ1v) is 32.5. The van der Waals surface area contributed by atoms with Gasteiger partial charge in [-0.2, -0.15) is 0 Å². The fourth-order valence-corrected chi connectivity index (χ4v) is 9.31. The average molecular weight is 1140 g/mol. The van der Waals surface area contributed by atoms with Crippen molar-refractivity contribution in [3.8, 4) is 0 Å². The first-order valence-electron chi connectivity index (χ1n) is 32.5. The molecule has 0 radical (unpaired) electrons. The molecule has 1 fully saturated rings. The Balaban J connectivity index is 2.64. The molecule has 466 valence electrons. The minimum absolute atomic E-state index is 0.0893. The van der Waals surface area contributed by atoms with E-state index in [1.807, 2.05) is 42.5 Å². The zero-order valence-corrected chi connectivity index (χ0v) is 51.6. The van der Waals surface area contributed by atoms with Crippen LogP contribution in [0.5, 0.6) is 0 Å². The number of aliphatic hydroxyl groups excluding tert-OH is 5. The second-order valence-corrected chi connectivity index (χ2v) is 21.8. The third-order valence-corrected chi connectivity index (χ3v) is 14.4. The Hall–Kier alpha value is -4.20. The van der Waals surface area contributed by atoms with Gasteiger partial charge in [0.2, 0.25) is 5.91 Å². The van der Waals surface area contributed by atoms with Crippen molar-refractivity contribution < 1.29 is 49.3 Å². The van der Waals surface area contributed by atoms with Crippen molar-refractivity contribution in [3.63, 3.8) is 0 Å². The van der Waals surface area contributed by atoms with Crippen molar-refractivity contribution in [2.24, 2.45) is 0 Å². The lowest BCUT2D eigenvalue weighted by atomic mass is 9.99. The molecule has 11 nitrogen and oxygen atoms in total. The van der Waals surface area contributed by atoms with Gasteiger partial charge in [0.15, 0.2) is 12.4 Å². The van der Waals surface area contributed by atoms with E-state index in [9.17, 15) is 35.1 Å². The van der Waals surface area contributed by atoms with Crippen LogP contribution in [-0.2, 0) is 23.8 Å². The summed E-state index contributed by atoms with van der Waals surface area (Å²) >= 11 is 0. The number of nitrogens with one attached hydrogen (secondary N) is 1. The van der Waals surface area contributed by atoms with Crippen molar-refractivity contribution in [1.82, 2.24) is 5.32 Å². The van der Waals surface area contributed by atoms with Gasteiger partial charge in [-0.25, -0.2) is 0 Å². The molecule has 0 aromatic carbocycles. The Kier molecular flexibility index (Phi) is 52.9. The summed E-state index contributed by atoms with van der Waals surface area (Å²) in [7, 11) is 0. The predicted molar refractivity (Wildman–Crippen MR) is 342 cm³/mol. The molecule has 0 aromatic rings. The third kappa shape index (κ3) is 44.3. The van der Waals surface area contributed by atoms with Crippen molar-refractivity contribution in [2.45, 2.75) is 288 Å². The first kappa shape index (κ1) is 75.8. The van der Waals surface area contributed by atoms with Crippen LogP contribution in [-0.4, -0.2) is 99.6 Å². The van der Waals surface area contributed by atoms with Gasteiger partial charge in [-0.15, -0.1) is 0 Å². The Morgan fingerprint density at radius 1 is 0.500 bits per heavy atom. The maximum absolute atomic E-state index is 13.5. The Morgan fingerprint density at radius 2 is 0.939 bits per heavy atom. The molecule has 0 aliphatic carbocycles. The molecule has 6 N–H and O–H groups in total. The highest BCUT2D eigenvalue weighted by atomic mass is 16.7. The van der Waals surface area contributed by atoms with Gasteiger partial charge in [0, 0.05) is 6.42 Å². The molecule has 1 heterocycles. The lowest BCUT2D eigenvalue weighted by Crippen LogP contribution is -2.61. The maximum Gasteiger partial charge on any atom is 0.306 e. The fourth-order valence-electron chi connectivity index (χ4n) is 9.31. The van der Waals surface area contributed by atoms with Gasteiger partial charge in [-0.3, -0.25) is 9.59 Å². The van der Waals surface area contributed by atoms with Crippen LogP contribution in [0.2, 0.25) is 0 Å². The topological polar surface area (TPSA) is 175 Å². The number of rotatable bonds is 53. The molecule has 1 aliphatic rings. The Bertz CT molecular complexity index is 1840. The molecule has 1 amide bonds. The van der Waals surface area contributed by atoms with E-state index < -0.39 is 67.4 Å². The molecule has 82 heavy (non-hydrogen) atoms. The van der Waals surface area contributed by atoms with E-state index in [2.05, 4.69) is 111 Å². The van der Waals surface area contributed by atoms with E-state index in [4.69, 9.17) is 14.2 Å². The van der Waals surface area contributed by atoms with E-state index in [0.717, 1.165) is 141 Å². The summed E-state index contributed by atoms with van der Waals surface area (Å²) in [5.41, 5.74) is 0. The van der Waals surface area contributed by atoms with Gasteiger partial charge in [0.05, 0.1) is 25.4 Å². The normalized spacial score (nSPS) is 19.5. The monoisotopic (exact) mass is 1140 g/mol. The molecule has 1 aliphatic heterocycles. The number of hydrogen-bond acceptors (Lipinski definition) is 10. The lowest BCUT2D eigenvalue weighted by Gasteiger charge is -2.41. The van der Waals surface area contributed by atoms with E-state index in [0.29, 0.717) is 12.8 Å². The molecule has 0 saturated carbocycles. The van der Waals surface area contributed by atoms with E-state index in [-0.39, 0.29) is 19.4 Å². The van der Waals surface area contributed by atoms with Gasteiger partial charge in [-0.05, 0) is 96.3 Å². The van der Waals surface area contributed by atoms with Crippen LogP contribution in [0.3, 0.4) is 0 Å². The summed E-state index contributed by atoms with van der Waals surface area (Å²) in [6, 6.07) is -1.04. The van der Waals surface area contributed by atoms with Crippen LogP contribution in [0.4, 0.5) is 0 Å². The number of carbonyl (C=O) groups excluding carboxylic acids is 2. The molecule has 0 spiro atoms. The Morgan fingerprint density at radius 3 is 1.46 bits per heavy atom. The number of allylic oxidation sites excluding steroid dienone is 21. The molecule has 1 saturated heterocycles. The smallest absolute Gasteiger partial charge is 0.306 e. The number of esters is 1. The van der Waals surface area contributed by atoms with Crippen molar-refractivity contribution >= 4 is 11.9 Å². The summed E-state index contributed by atoms with van der Waals surface area (Å²) in [6.07, 6.45) is 70.6. The minimum atomic E-state index is -1.63. The third-order valence-electron chi connectivity index (χ3n) is 14.4. The summed E-state index contributed by atoms with van der Waals surface area (Å²) in [6.45, 7) is 5.50. The molecule has 0 bridgehead atoms. The molecule has 1 rings (SSSR count). The number of hydrogen-bond donors (Lipinski definition) is 6. The van der Waals surface area contributed by atoms with Gasteiger partial charge >= 0.3 is 5.97 Å². The Labute approximate surface area is 499 Å².